The molecule has 2 heterocycles. The summed E-state index contributed by atoms with van der Waals surface area (Å²) < 4.78 is 68.9. The molecule has 0 saturated carbocycles. The zero-order valence-corrected chi connectivity index (χ0v) is 19.2. The highest BCUT2D eigenvalue weighted by Crippen LogP contribution is 2.41. The summed E-state index contributed by atoms with van der Waals surface area (Å²) in [6, 6.07) is 5.94. The van der Waals surface area contributed by atoms with Crippen molar-refractivity contribution < 1.29 is 31.1 Å². The van der Waals surface area contributed by atoms with Gasteiger partial charge in [-0.15, -0.1) is 10.2 Å². The number of carbonyl (C=O) groups excluding carboxylic acids is 1. The van der Waals surface area contributed by atoms with Crippen LogP contribution in [0.3, 0.4) is 0 Å². The predicted molar refractivity (Wildman–Crippen MR) is 109 cm³/mol. The molecule has 31 heavy (non-hydrogen) atoms. The lowest BCUT2D eigenvalue weighted by Gasteiger charge is -2.05. The Morgan fingerprint density at radius 2 is 1.94 bits per heavy atom. The van der Waals surface area contributed by atoms with Crippen molar-refractivity contribution >= 4 is 43.1 Å². The van der Waals surface area contributed by atoms with Gasteiger partial charge in [0.25, 0.3) is 0 Å². The van der Waals surface area contributed by atoms with Crippen LogP contribution in [-0.2, 0) is 32.1 Å². The molecule has 0 N–H and O–H groups in total. The second kappa shape index (κ2) is 8.67. The predicted octanol–water partition coefficient (Wildman–Crippen LogP) is 3.82. The summed E-state index contributed by atoms with van der Waals surface area (Å²) in [7, 11) is -3.47. The lowest BCUT2D eigenvalue weighted by Crippen LogP contribution is -2.16. The number of nitrogens with zero attached hydrogens (tertiary/aromatic N) is 4. The van der Waals surface area contributed by atoms with Gasteiger partial charge in [-0.3, -0.25) is 4.79 Å². The molecule has 0 saturated heterocycles. The topological polar surface area (TPSA) is 104 Å². The standard InChI is InChI=1S/C17H14BrF3N4O4S2/c1-3-29-11(26)8-25-13(12(18)14(24-25)17(19,20)21)16-23-22-15(30-16)9-5-4-6-10(7-9)31(2,27)28/h4-7H,3,8H2,1-2H3. The lowest BCUT2D eigenvalue weighted by molar-refractivity contribution is -0.146. The lowest BCUT2D eigenvalue weighted by atomic mass is 10.2. The summed E-state index contributed by atoms with van der Waals surface area (Å²) in [6.07, 6.45) is -3.72. The number of sulfone groups is 1. The Morgan fingerprint density at radius 1 is 1.26 bits per heavy atom. The molecule has 14 heteroatoms. The van der Waals surface area contributed by atoms with E-state index >= 15 is 0 Å². The highest BCUT2D eigenvalue weighted by molar-refractivity contribution is 9.10. The van der Waals surface area contributed by atoms with E-state index in [-0.39, 0.29) is 27.2 Å². The van der Waals surface area contributed by atoms with Crippen molar-refractivity contribution in [2.24, 2.45) is 0 Å². The van der Waals surface area contributed by atoms with Crippen LogP contribution >= 0.6 is 27.3 Å². The third-order valence-corrected chi connectivity index (χ3v) is 6.72. The Bertz CT molecular complexity index is 1240. The molecule has 0 bridgehead atoms. The van der Waals surface area contributed by atoms with Crippen LogP contribution in [0.1, 0.15) is 12.6 Å². The minimum Gasteiger partial charge on any atom is -0.465 e. The second-order valence-electron chi connectivity index (χ2n) is 6.18. The van der Waals surface area contributed by atoms with Crippen molar-refractivity contribution in [3.05, 3.63) is 34.4 Å². The van der Waals surface area contributed by atoms with Crippen LogP contribution in [0, 0.1) is 0 Å². The van der Waals surface area contributed by atoms with Crippen LogP contribution in [0.5, 0.6) is 0 Å². The molecule has 0 aliphatic rings. The molecule has 3 aromatic rings. The van der Waals surface area contributed by atoms with E-state index in [1.54, 1.807) is 13.0 Å². The molecule has 0 amide bonds. The molecular weight excluding hydrogens is 525 g/mol. The number of esters is 1. The van der Waals surface area contributed by atoms with Gasteiger partial charge in [-0.25, -0.2) is 13.1 Å². The van der Waals surface area contributed by atoms with Crippen LogP contribution in [-0.4, -0.2) is 47.2 Å². The summed E-state index contributed by atoms with van der Waals surface area (Å²) in [5.41, 5.74) is -0.888. The molecule has 0 fully saturated rings. The average molecular weight is 539 g/mol. The number of benzene rings is 1. The first-order valence-electron chi connectivity index (χ1n) is 8.55. The van der Waals surface area contributed by atoms with E-state index < -0.39 is 38.7 Å². The van der Waals surface area contributed by atoms with Crippen molar-refractivity contribution in [2.75, 3.05) is 12.9 Å². The SMILES string of the molecule is CCOC(=O)Cn1nc(C(F)(F)F)c(Br)c1-c1nnc(-c2cccc(S(C)(=O)=O)c2)s1. The van der Waals surface area contributed by atoms with Crippen molar-refractivity contribution in [3.63, 3.8) is 0 Å². The van der Waals surface area contributed by atoms with Crippen LogP contribution in [0.25, 0.3) is 21.3 Å². The van der Waals surface area contributed by atoms with Gasteiger partial charge in [-0.2, -0.15) is 18.3 Å². The molecule has 3 rings (SSSR count). The number of alkyl halides is 3. The Morgan fingerprint density at radius 3 is 2.55 bits per heavy atom. The normalized spacial score (nSPS) is 12.2. The number of halogens is 4. The minimum atomic E-state index is -4.77. The summed E-state index contributed by atoms with van der Waals surface area (Å²) in [5.74, 6) is -0.766. The van der Waals surface area contributed by atoms with Crippen molar-refractivity contribution in [2.45, 2.75) is 24.5 Å². The van der Waals surface area contributed by atoms with Crippen LogP contribution < -0.4 is 0 Å². The number of rotatable bonds is 6. The zero-order chi connectivity index (χ0) is 23.0. The monoisotopic (exact) mass is 538 g/mol. The van der Waals surface area contributed by atoms with Gasteiger partial charge in [0.15, 0.2) is 20.5 Å². The molecule has 2 aromatic heterocycles. The summed E-state index contributed by atoms with van der Waals surface area (Å²) in [4.78, 5) is 11.9. The smallest absolute Gasteiger partial charge is 0.436 e. The Balaban J connectivity index is 2.08. The zero-order valence-electron chi connectivity index (χ0n) is 16.0. The van der Waals surface area contributed by atoms with Crippen molar-refractivity contribution in [1.82, 2.24) is 20.0 Å². The number of hydrogen-bond donors (Lipinski definition) is 0. The maximum absolute atomic E-state index is 13.4. The fraction of sp³-hybridized carbons (Fsp3) is 0.294. The molecule has 0 unspecified atom stereocenters. The van der Waals surface area contributed by atoms with Crippen LogP contribution in [0.4, 0.5) is 13.2 Å². The highest BCUT2D eigenvalue weighted by atomic mass is 79.9. The fourth-order valence-corrected chi connectivity index (χ4v) is 4.95. The number of ether oxygens (including phenoxy) is 1. The molecule has 8 nitrogen and oxygen atoms in total. The molecule has 0 radical (unpaired) electrons. The Kier molecular flexibility index (Phi) is 6.53. The van der Waals surface area contributed by atoms with Gasteiger partial charge in [0.2, 0.25) is 0 Å². The van der Waals surface area contributed by atoms with E-state index in [2.05, 4.69) is 31.2 Å². The van der Waals surface area contributed by atoms with Crippen LogP contribution in [0.2, 0.25) is 0 Å². The quantitative estimate of drug-likeness (QED) is 0.439. The van der Waals surface area contributed by atoms with Gasteiger partial charge in [0, 0.05) is 11.8 Å². The maximum Gasteiger partial charge on any atom is 0.436 e. The van der Waals surface area contributed by atoms with Gasteiger partial charge in [0.1, 0.15) is 17.2 Å². The number of aromatic nitrogens is 4. The average Bonchev–Trinajstić information content (AvgIpc) is 3.25. The summed E-state index contributed by atoms with van der Waals surface area (Å²) in [6.45, 7) is 1.07. The third kappa shape index (κ3) is 5.13. The van der Waals surface area contributed by atoms with Gasteiger partial charge < -0.3 is 4.74 Å². The van der Waals surface area contributed by atoms with E-state index in [4.69, 9.17) is 4.74 Å². The first kappa shape index (κ1) is 23.3. The summed E-state index contributed by atoms with van der Waals surface area (Å²) >= 11 is 3.83. The van der Waals surface area contributed by atoms with Gasteiger partial charge in [0.05, 0.1) is 16.0 Å². The molecular formula is C17H14BrF3N4O4S2. The van der Waals surface area contributed by atoms with E-state index in [0.29, 0.717) is 5.56 Å². The molecule has 166 valence electrons. The van der Waals surface area contributed by atoms with E-state index in [1.807, 2.05) is 0 Å². The largest absolute Gasteiger partial charge is 0.465 e. The first-order valence-corrected chi connectivity index (χ1v) is 12.1. The Hall–Kier alpha value is -2.32. The molecule has 0 atom stereocenters. The van der Waals surface area contributed by atoms with E-state index in [1.165, 1.54) is 18.2 Å². The molecule has 0 aliphatic heterocycles. The Labute approximate surface area is 187 Å². The molecule has 1 aromatic carbocycles. The highest BCUT2D eigenvalue weighted by Gasteiger charge is 2.39. The van der Waals surface area contributed by atoms with Crippen molar-refractivity contribution in [3.8, 4) is 21.3 Å². The fourth-order valence-electron chi connectivity index (χ4n) is 2.56. The van der Waals surface area contributed by atoms with E-state index in [9.17, 15) is 26.4 Å². The molecule has 0 aliphatic carbocycles. The third-order valence-electron chi connectivity index (χ3n) is 3.88. The van der Waals surface area contributed by atoms with Crippen molar-refractivity contribution in [1.29, 1.82) is 0 Å². The second-order valence-corrected chi connectivity index (χ2v) is 9.97. The van der Waals surface area contributed by atoms with Crippen LogP contribution in [0.15, 0.2) is 33.6 Å². The van der Waals surface area contributed by atoms with Gasteiger partial charge >= 0.3 is 12.1 Å². The minimum absolute atomic E-state index is 0.0546. The summed E-state index contributed by atoms with van der Waals surface area (Å²) in [5, 5.41) is 11.8. The van der Waals surface area contributed by atoms with E-state index in [0.717, 1.165) is 22.3 Å². The first-order chi connectivity index (χ1) is 14.4. The number of carbonyl (C=O) groups is 1. The van der Waals surface area contributed by atoms with Gasteiger partial charge in [-0.05, 0) is 35.0 Å². The molecule has 0 spiro atoms. The van der Waals surface area contributed by atoms with Gasteiger partial charge in [-0.1, -0.05) is 23.5 Å². The maximum atomic E-state index is 13.4. The number of hydrogen-bond acceptors (Lipinski definition) is 8.